The van der Waals surface area contributed by atoms with Crippen LogP contribution in [-0.2, 0) is 20.3 Å². The lowest BCUT2D eigenvalue weighted by molar-refractivity contribution is -0.143. The lowest BCUT2D eigenvalue weighted by Crippen LogP contribution is -2.14. The summed E-state index contributed by atoms with van der Waals surface area (Å²) in [5.41, 5.74) is 0.529. The second-order valence-corrected chi connectivity index (χ2v) is 6.47. The van der Waals surface area contributed by atoms with Gasteiger partial charge in [0.15, 0.2) is 0 Å². The van der Waals surface area contributed by atoms with E-state index < -0.39 is 22.6 Å². The molecule has 0 aliphatic rings. The smallest absolute Gasteiger partial charge is 0.306 e. The summed E-state index contributed by atoms with van der Waals surface area (Å²) in [5, 5.41) is 8.69. The monoisotopic (exact) mass is 361 g/mol. The number of carbonyl (C=O) groups is 1. The van der Waals surface area contributed by atoms with Gasteiger partial charge in [-0.2, -0.15) is 5.26 Å². The van der Waals surface area contributed by atoms with Crippen molar-refractivity contribution in [1.29, 1.82) is 5.26 Å². The van der Waals surface area contributed by atoms with Gasteiger partial charge in [0, 0.05) is 5.75 Å². The summed E-state index contributed by atoms with van der Waals surface area (Å²) in [7, 11) is -1.59. The van der Waals surface area contributed by atoms with Crippen molar-refractivity contribution in [3.05, 3.63) is 59.9 Å². The predicted octanol–water partition coefficient (Wildman–Crippen LogP) is 2.82. The molecule has 0 saturated heterocycles. The van der Waals surface area contributed by atoms with E-state index in [9.17, 15) is 13.4 Å². The fraction of sp³-hybridized carbons (Fsp3) is 0.222. The van der Waals surface area contributed by atoms with Crippen molar-refractivity contribution in [1.82, 2.24) is 0 Å². The number of benzene rings is 2. The normalized spacial score (nSPS) is 11.4. The molecule has 1 atom stereocenters. The highest BCUT2D eigenvalue weighted by Gasteiger charge is 2.12. The standard InChI is InChI=1S/C18H16FNO4S/c19-16-3-1-2-4-17(16)25(22)12-9-18(21)24-11-10-23-15-7-5-14(13-20)6-8-15/h1-8H,9-12H2/t25-/m1/s1. The molecule has 2 aromatic rings. The molecule has 0 aliphatic carbocycles. The minimum absolute atomic E-state index is 0.00372. The predicted molar refractivity (Wildman–Crippen MR) is 89.9 cm³/mol. The van der Waals surface area contributed by atoms with Gasteiger partial charge >= 0.3 is 5.97 Å². The molecule has 0 aliphatic heterocycles. The van der Waals surface area contributed by atoms with Crippen molar-refractivity contribution in [2.45, 2.75) is 11.3 Å². The molecule has 0 bridgehead atoms. The number of halogens is 1. The second kappa shape index (κ2) is 9.55. The number of ether oxygens (including phenoxy) is 2. The summed E-state index contributed by atoms with van der Waals surface area (Å²) in [4.78, 5) is 11.7. The molecular formula is C18H16FNO4S. The third-order valence-corrected chi connectivity index (χ3v) is 4.57. The molecule has 0 amide bonds. The highest BCUT2D eigenvalue weighted by molar-refractivity contribution is 7.85. The van der Waals surface area contributed by atoms with Gasteiger partial charge in [0.25, 0.3) is 0 Å². The van der Waals surface area contributed by atoms with Gasteiger partial charge in [-0.25, -0.2) is 4.39 Å². The summed E-state index contributed by atoms with van der Waals surface area (Å²) in [6.07, 6.45) is -0.0716. The van der Waals surface area contributed by atoms with Crippen LogP contribution in [0.2, 0.25) is 0 Å². The van der Waals surface area contributed by atoms with E-state index in [1.165, 1.54) is 18.2 Å². The average Bonchev–Trinajstić information content (AvgIpc) is 2.64. The minimum Gasteiger partial charge on any atom is -0.490 e. The topological polar surface area (TPSA) is 76.4 Å². The van der Waals surface area contributed by atoms with E-state index in [0.717, 1.165) is 0 Å². The zero-order chi connectivity index (χ0) is 18.1. The van der Waals surface area contributed by atoms with E-state index in [0.29, 0.717) is 11.3 Å². The number of hydrogen-bond donors (Lipinski definition) is 0. The molecule has 130 valence electrons. The fourth-order valence-electron chi connectivity index (χ4n) is 1.93. The molecule has 25 heavy (non-hydrogen) atoms. The Bertz CT molecular complexity index is 786. The zero-order valence-corrected chi connectivity index (χ0v) is 14.1. The molecule has 5 nitrogen and oxygen atoms in total. The SMILES string of the molecule is N#Cc1ccc(OCCOC(=O)CC[S@@](=O)c2ccccc2F)cc1. The lowest BCUT2D eigenvalue weighted by atomic mass is 10.2. The maximum atomic E-state index is 13.5. The molecule has 7 heteroatoms. The number of rotatable bonds is 8. The van der Waals surface area contributed by atoms with Gasteiger partial charge in [0.2, 0.25) is 0 Å². The number of esters is 1. The van der Waals surface area contributed by atoms with Crippen molar-refractivity contribution in [3.8, 4) is 11.8 Å². The van der Waals surface area contributed by atoms with Crippen LogP contribution in [0.4, 0.5) is 4.39 Å². The van der Waals surface area contributed by atoms with E-state index in [4.69, 9.17) is 14.7 Å². The molecule has 0 radical (unpaired) electrons. The van der Waals surface area contributed by atoms with Gasteiger partial charge in [0.05, 0.1) is 33.7 Å². The number of nitrogens with zero attached hydrogens (tertiary/aromatic N) is 1. The van der Waals surface area contributed by atoms with Crippen molar-refractivity contribution in [2.75, 3.05) is 19.0 Å². The van der Waals surface area contributed by atoms with Crippen LogP contribution >= 0.6 is 0 Å². The second-order valence-electron chi connectivity index (χ2n) is 4.94. The van der Waals surface area contributed by atoms with Gasteiger partial charge in [-0.15, -0.1) is 0 Å². The maximum Gasteiger partial charge on any atom is 0.306 e. The Labute approximate surface area is 147 Å². The first-order chi connectivity index (χ1) is 12.1. The molecule has 0 unspecified atom stereocenters. The van der Waals surface area contributed by atoms with Crippen LogP contribution in [0.5, 0.6) is 5.75 Å². The summed E-state index contributed by atoms with van der Waals surface area (Å²) in [6.45, 7) is 0.208. The first-order valence-corrected chi connectivity index (χ1v) is 8.83. The quantitative estimate of drug-likeness (QED) is 0.534. The third-order valence-electron chi connectivity index (χ3n) is 3.17. The highest BCUT2D eigenvalue weighted by atomic mass is 32.2. The molecule has 2 rings (SSSR count). The lowest BCUT2D eigenvalue weighted by Gasteiger charge is -2.07. The Kier molecular flexibility index (Phi) is 7.11. The van der Waals surface area contributed by atoms with Gasteiger partial charge in [-0.05, 0) is 36.4 Å². The van der Waals surface area contributed by atoms with E-state index >= 15 is 0 Å². The molecule has 2 aromatic carbocycles. The van der Waals surface area contributed by atoms with Crippen LogP contribution < -0.4 is 4.74 Å². The Balaban J connectivity index is 1.66. The van der Waals surface area contributed by atoms with E-state index in [1.54, 1.807) is 30.3 Å². The number of hydrogen-bond acceptors (Lipinski definition) is 5. The molecule has 0 aromatic heterocycles. The molecule has 0 saturated carbocycles. The summed E-state index contributed by atoms with van der Waals surface area (Å²) in [5.74, 6) is -0.509. The molecular weight excluding hydrogens is 345 g/mol. The van der Waals surface area contributed by atoms with E-state index in [1.807, 2.05) is 6.07 Å². The first-order valence-electron chi connectivity index (χ1n) is 7.51. The van der Waals surface area contributed by atoms with Crippen molar-refractivity contribution in [3.63, 3.8) is 0 Å². The largest absolute Gasteiger partial charge is 0.490 e. The van der Waals surface area contributed by atoms with Crippen LogP contribution in [0.3, 0.4) is 0 Å². The number of nitriles is 1. The van der Waals surface area contributed by atoms with Gasteiger partial charge < -0.3 is 9.47 Å². The molecule has 0 heterocycles. The Hall–Kier alpha value is -2.72. The van der Waals surface area contributed by atoms with Crippen LogP contribution in [0.25, 0.3) is 0 Å². The molecule has 0 fully saturated rings. The minimum atomic E-state index is -1.59. The molecule has 0 N–H and O–H groups in total. The Morgan fingerprint density at radius 2 is 1.84 bits per heavy atom. The summed E-state index contributed by atoms with van der Waals surface area (Å²) >= 11 is 0. The van der Waals surface area contributed by atoms with Gasteiger partial charge in [0.1, 0.15) is 24.8 Å². The Morgan fingerprint density at radius 3 is 2.52 bits per heavy atom. The maximum absolute atomic E-state index is 13.5. The van der Waals surface area contributed by atoms with Crippen molar-refractivity contribution >= 4 is 16.8 Å². The average molecular weight is 361 g/mol. The van der Waals surface area contributed by atoms with Crippen molar-refractivity contribution < 1.29 is 22.9 Å². The zero-order valence-electron chi connectivity index (χ0n) is 13.3. The summed E-state index contributed by atoms with van der Waals surface area (Å²) < 4.78 is 35.8. The summed E-state index contributed by atoms with van der Waals surface area (Å²) in [6, 6.07) is 14.3. The first kappa shape index (κ1) is 18.6. The number of carbonyl (C=O) groups excluding carboxylic acids is 1. The van der Waals surface area contributed by atoms with Gasteiger partial charge in [-0.3, -0.25) is 9.00 Å². The van der Waals surface area contributed by atoms with Crippen LogP contribution in [0.15, 0.2) is 53.4 Å². The molecule has 0 spiro atoms. The van der Waals surface area contributed by atoms with E-state index in [2.05, 4.69) is 0 Å². The third kappa shape index (κ3) is 6.01. The fourth-order valence-corrected chi connectivity index (χ4v) is 3.02. The van der Waals surface area contributed by atoms with Gasteiger partial charge in [-0.1, -0.05) is 12.1 Å². The van der Waals surface area contributed by atoms with Crippen LogP contribution in [0, 0.1) is 17.1 Å². The van der Waals surface area contributed by atoms with Crippen molar-refractivity contribution in [2.24, 2.45) is 0 Å². The van der Waals surface area contributed by atoms with Crippen LogP contribution in [-0.4, -0.2) is 29.1 Å². The Morgan fingerprint density at radius 1 is 1.12 bits per heavy atom. The van der Waals surface area contributed by atoms with E-state index in [-0.39, 0.29) is 30.3 Å². The highest BCUT2D eigenvalue weighted by Crippen LogP contribution is 2.13. The van der Waals surface area contributed by atoms with Crippen LogP contribution in [0.1, 0.15) is 12.0 Å².